The predicted molar refractivity (Wildman–Crippen MR) is 101 cm³/mol. The Kier molecular flexibility index (Phi) is 4.75. The smallest absolute Gasteiger partial charge is 0.325 e. The van der Waals surface area contributed by atoms with Gasteiger partial charge in [0.1, 0.15) is 5.82 Å². The number of rotatable bonds is 6. The summed E-state index contributed by atoms with van der Waals surface area (Å²) in [5.41, 5.74) is 1.41. The molecule has 2 aromatic rings. The average molecular weight is 365 g/mol. The highest BCUT2D eigenvalue weighted by Crippen LogP contribution is 2.31. The molecular formula is C20H23N5O2. The van der Waals surface area contributed by atoms with E-state index in [1.54, 1.807) is 29.4 Å². The van der Waals surface area contributed by atoms with E-state index in [1.165, 1.54) is 19.0 Å². The average Bonchev–Trinajstić information content (AvgIpc) is 3.45. The van der Waals surface area contributed by atoms with Crippen LogP contribution in [0.1, 0.15) is 41.7 Å². The second-order valence-corrected chi connectivity index (χ2v) is 7.21. The molecule has 2 aliphatic rings. The Labute approximate surface area is 158 Å². The first kappa shape index (κ1) is 17.5. The number of carbonyl (C=O) groups excluding carboxylic acids is 2. The topological polar surface area (TPSA) is 78.4 Å². The van der Waals surface area contributed by atoms with Crippen molar-refractivity contribution in [2.75, 3.05) is 24.5 Å². The lowest BCUT2D eigenvalue weighted by molar-refractivity contribution is 0.0939. The number of nitrogens with zero attached hydrogens (tertiary/aromatic N) is 4. The molecule has 1 atom stereocenters. The zero-order chi connectivity index (χ0) is 18.8. The summed E-state index contributed by atoms with van der Waals surface area (Å²) in [6.07, 6.45) is 7.36. The first-order chi connectivity index (χ1) is 13.1. The maximum atomic E-state index is 12.5. The number of hydrogen-bond acceptors (Lipinski definition) is 4. The summed E-state index contributed by atoms with van der Waals surface area (Å²) in [6, 6.07) is 7.06. The van der Waals surface area contributed by atoms with Crippen LogP contribution in [0.4, 0.5) is 10.6 Å². The number of amides is 3. The van der Waals surface area contributed by atoms with Gasteiger partial charge in [-0.15, -0.1) is 0 Å². The van der Waals surface area contributed by atoms with Gasteiger partial charge in [0.05, 0.1) is 11.6 Å². The number of nitrogens with one attached hydrogen (secondary N) is 1. The minimum absolute atomic E-state index is 0.0417. The first-order valence-electron chi connectivity index (χ1n) is 9.35. The van der Waals surface area contributed by atoms with Gasteiger partial charge in [-0.05, 0) is 49.4 Å². The molecule has 1 saturated heterocycles. The van der Waals surface area contributed by atoms with Gasteiger partial charge in [0.2, 0.25) is 0 Å². The lowest BCUT2D eigenvalue weighted by Gasteiger charge is -2.19. The number of hydrogen-bond donors (Lipinski definition) is 1. The normalized spacial score (nSPS) is 17.9. The monoisotopic (exact) mass is 365 g/mol. The van der Waals surface area contributed by atoms with Gasteiger partial charge in [-0.2, -0.15) is 0 Å². The van der Waals surface area contributed by atoms with Gasteiger partial charge >= 0.3 is 6.03 Å². The van der Waals surface area contributed by atoms with Gasteiger partial charge in [-0.3, -0.25) is 14.7 Å². The van der Waals surface area contributed by atoms with Gasteiger partial charge < -0.3 is 10.2 Å². The zero-order valence-electron chi connectivity index (χ0n) is 15.3. The van der Waals surface area contributed by atoms with Crippen LogP contribution in [0.25, 0.3) is 0 Å². The molecule has 2 fully saturated rings. The first-order valence-corrected chi connectivity index (χ1v) is 9.35. The van der Waals surface area contributed by atoms with Gasteiger partial charge in [0, 0.05) is 38.2 Å². The highest BCUT2D eigenvalue weighted by atomic mass is 16.2. The van der Waals surface area contributed by atoms with E-state index in [-0.39, 0.29) is 18.0 Å². The van der Waals surface area contributed by atoms with Crippen molar-refractivity contribution in [1.82, 2.24) is 20.2 Å². The van der Waals surface area contributed by atoms with E-state index in [9.17, 15) is 9.59 Å². The van der Waals surface area contributed by atoms with Crippen LogP contribution < -0.4 is 10.2 Å². The van der Waals surface area contributed by atoms with Crippen molar-refractivity contribution in [3.05, 3.63) is 54.0 Å². The molecule has 7 heteroatoms. The number of carbonyl (C=O) groups is 2. The summed E-state index contributed by atoms with van der Waals surface area (Å²) >= 11 is 0. The Balaban J connectivity index is 1.38. The molecule has 27 heavy (non-hydrogen) atoms. The standard InChI is InChI=1S/C20H23N5O2/c1-14(23-19(26)17-3-2-8-21-11-17)16-6-7-18(22-12-16)25-10-9-24(20(25)27)13-15-4-5-15/h2-3,6-8,11-12,14-15H,4-5,9-10,13H2,1H3,(H,23,26)/t14-/m1/s1. The van der Waals surface area contributed by atoms with E-state index in [1.807, 2.05) is 24.0 Å². The minimum Gasteiger partial charge on any atom is -0.345 e. The molecule has 0 aromatic carbocycles. The fraction of sp³-hybridized carbons (Fsp3) is 0.400. The molecule has 3 amide bonds. The molecule has 1 N–H and O–H groups in total. The summed E-state index contributed by atoms with van der Waals surface area (Å²) in [5.74, 6) is 1.17. The van der Waals surface area contributed by atoms with Crippen LogP contribution in [0.15, 0.2) is 42.9 Å². The molecule has 0 spiro atoms. The fourth-order valence-electron chi connectivity index (χ4n) is 3.25. The van der Waals surface area contributed by atoms with Crippen molar-refractivity contribution >= 4 is 17.8 Å². The van der Waals surface area contributed by atoms with Crippen molar-refractivity contribution in [1.29, 1.82) is 0 Å². The molecule has 0 bridgehead atoms. The summed E-state index contributed by atoms with van der Waals surface area (Å²) in [4.78, 5) is 36.9. The minimum atomic E-state index is -0.195. The van der Waals surface area contributed by atoms with E-state index in [4.69, 9.17) is 0 Å². The Morgan fingerprint density at radius 2 is 2.11 bits per heavy atom. The number of pyridine rings is 2. The van der Waals surface area contributed by atoms with E-state index < -0.39 is 0 Å². The molecule has 0 radical (unpaired) electrons. The summed E-state index contributed by atoms with van der Waals surface area (Å²) < 4.78 is 0. The van der Waals surface area contributed by atoms with Crippen LogP contribution in [0.3, 0.4) is 0 Å². The van der Waals surface area contributed by atoms with Crippen molar-refractivity contribution in [3.8, 4) is 0 Å². The predicted octanol–water partition coefficient (Wildman–Crippen LogP) is 2.62. The lowest BCUT2D eigenvalue weighted by atomic mass is 10.1. The van der Waals surface area contributed by atoms with Crippen LogP contribution >= 0.6 is 0 Å². The van der Waals surface area contributed by atoms with E-state index in [2.05, 4.69) is 15.3 Å². The van der Waals surface area contributed by atoms with Crippen molar-refractivity contribution in [3.63, 3.8) is 0 Å². The van der Waals surface area contributed by atoms with Gasteiger partial charge in [-0.1, -0.05) is 6.07 Å². The van der Waals surface area contributed by atoms with E-state index in [0.29, 0.717) is 23.8 Å². The molecule has 1 aliphatic heterocycles. The second kappa shape index (κ2) is 7.34. The van der Waals surface area contributed by atoms with Crippen LogP contribution in [0.5, 0.6) is 0 Å². The third-order valence-electron chi connectivity index (χ3n) is 5.09. The third-order valence-corrected chi connectivity index (χ3v) is 5.09. The fourth-order valence-corrected chi connectivity index (χ4v) is 3.25. The zero-order valence-corrected chi connectivity index (χ0v) is 15.3. The van der Waals surface area contributed by atoms with Crippen LogP contribution in [-0.4, -0.2) is 46.4 Å². The Bertz CT molecular complexity index is 820. The molecule has 1 aliphatic carbocycles. The molecule has 3 heterocycles. The summed E-state index contributed by atoms with van der Waals surface area (Å²) in [6.45, 7) is 4.20. The van der Waals surface area contributed by atoms with E-state index in [0.717, 1.165) is 18.7 Å². The van der Waals surface area contributed by atoms with Gasteiger partial charge in [0.15, 0.2) is 0 Å². The maximum absolute atomic E-state index is 12.5. The van der Waals surface area contributed by atoms with E-state index >= 15 is 0 Å². The number of urea groups is 1. The van der Waals surface area contributed by atoms with Crippen LogP contribution in [0, 0.1) is 5.92 Å². The molecule has 4 rings (SSSR count). The van der Waals surface area contributed by atoms with Crippen molar-refractivity contribution < 1.29 is 9.59 Å². The Hall–Kier alpha value is -2.96. The quantitative estimate of drug-likeness (QED) is 0.853. The summed E-state index contributed by atoms with van der Waals surface area (Å²) in [7, 11) is 0. The second-order valence-electron chi connectivity index (χ2n) is 7.21. The highest BCUT2D eigenvalue weighted by molar-refractivity contribution is 5.94. The maximum Gasteiger partial charge on any atom is 0.325 e. The third kappa shape index (κ3) is 3.92. The van der Waals surface area contributed by atoms with Gasteiger partial charge in [-0.25, -0.2) is 9.78 Å². The van der Waals surface area contributed by atoms with Crippen molar-refractivity contribution in [2.24, 2.45) is 5.92 Å². The molecule has 0 unspecified atom stereocenters. The molecular weight excluding hydrogens is 342 g/mol. The molecule has 7 nitrogen and oxygen atoms in total. The Morgan fingerprint density at radius 1 is 1.26 bits per heavy atom. The Morgan fingerprint density at radius 3 is 2.78 bits per heavy atom. The van der Waals surface area contributed by atoms with Gasteiger partial charge in [0.25, 0.3) is 5.91 Å². The molecule has 140 valence electrons. The number of anilines is 1. The molecule has 1 saturated carbocycles. The molecule has 2 aromatic heterocycles. The number of aromatic nitrogens is 2. The lowest BCUT2D eigenvalue weighted by Crippen LogP contribution is -2.33. The largest absolute Gasteiger partial charge is 0.345 e. The SMILES string of the molecule is C[C@@H](NC(=O)c1cccnc1)c1ccc(N2CCN(CC3CC3)C2=O)nc1. The van der Waals surface area contributed by atoms with Crippen molar-refractivity contribution in [2.45, 2.75) is 25.8 Å². The van der Waals surface area contributed by atoms with Crippen LogP contribution in [0.2, 0.25) is 0 Å². The highest BCUT2D eigenvalue weighted by Gasteiger charge is 2.34. The summed E-state index contributed by atoms with van der Waals surface area (Å²) in [5, 5.41) is 2.94. The van der Waals surface area contributed by atoms with Crippen LogP contribution in [-0.2, 0) is 0 Å².